The van der Waals surface area contributed by atoms with Crippen LogP contribution in [0.2, 0.25) is 0 Å². The van der Waals surface area contributed by atoms with Crippen LogP contribution in [-0.4, -0.2) is 14.2 Å². The molecule has 0 fully saturated rings. The molecule has 0 amide bonds. The van der Waals surface area contributed by atoms with Crippen LogP contribution in [0, 0.1) is 0 Å². The summed E-state index contributed by atoms with van der Waals surface area (Å²) >= 11 is 0. The normalized spacial score (nSPS) is 23.9. The molecule has 2 aliphatic rings. The fourth-order valence-electron chi connectivity index (χ4n) is 4.61. The van der Waals surface area contributed by atoms with Crippen molar-refractivity contribution in [1.82, 2.24) is 0 Å². The minimum absolute atomic E-state index is 0.00104. The lowest BCUT2D eigenvalue weighted by molar-refractivity contribution is 0.212. The Balaban J connectivity index is 1.41. The van der Waals surface area contributed by atoms with E-state index in [0.717, 1.165) is 34.1 Å². The standard InChI is InChI=1S/C26H26O4/c1-15-21-13-24-22(16(2)26(30-24)18-7-11-20(28-4)12-8-18)14-23(21)29-25(15)17-5-9-19(27-3)10-6-17/h5-16,25-26H,1-4H3. The molecule has 154 valence electrons. The van der Waals surface area contributed by atoms with Crippen molar-refractivity contribution in [3.05, 3.63) is 82.9 Å². The maximum absolute atomic E-state index is 6.41. The van der Waals surface area contributed by atoms with Gasteiger partial charge >= 0.3 is 0 Å². The van der Waals surface area contributed by atoms with Gasteiger partial charge in [-0.1, -0.05) is 38.1 Å². The SMILES string of the molecule is COc1ccc(C2Oc3cc4c(cc3C2C)OC(c2ccc(OC)cc2)C4C)cc1. The Labute approximate surface area is 177 Å². The Morgan fingerprint density at radius 2 is 0.967 bits per heavy atom. The molecule has 3 aromatic carbocycles. The van der Waals surface area contributed by atoms with Crippen molar-refractivity contribution in [3.63, 3.8) is 0 Å². The van der Waals surface area contributed by atoms with Crippen LogP contribution in [0.25, 0.3) is 0 Å². The molecule has 4 heteroatoms. The number of benzene rings is 3. The molecule has 2 aliphatic heterocycles. The van der Waals surface area contributed by atoms with E-state index < -0.39 is 0 Å². The average Bonchev–Trinajstić information content (AvgIpc) is 3.29. The molecule has 3 aromatic rings. The first-order valence-electron chi connectivity index (χ1n) is 10.4. The maximum atomic E-state index is 6.41. The molecule has 5 rings (SSSR count). The largest absolute Gasteiger partial charge is 0.497 e. The molecule has 0 saturated heterocycles. The molecule has 4 unspecified atom stereocenters. The Kier molecular flexibility index (Phi) is 4.58. The van der Waals surface area contributed by atoms with E-state index >= 15 is 0 Å². The minimum Gasteiger partial charge on any atom is -0.497 e. The number of fused-ring (bicyclic) bond motifs is 2. The summed E-state index contributed by atoms with van der Waals surface area (Å²) in [6.45, 7) is 4.43. The third-order valence-electron chi connectivity index (χ3n) is 6.43. The van der Waals surface area contributed by atoms with Crippen LogP contribution >= 0.6 is 0 Å². The van der Waals surface area contributed by atoms with Crippen molar-refractivity contribution in [2.24, 2.45) is 0 Å². The van der Waals surface area contributed by atoms with E-state index in [1.165, 1.54) is 11.1 Å². The summed E-state index contributed by atoms with van der Waals surface area (Å²) in [6.07, 6.45) is 0.00208. The molecule has 2 heterocycles. The van der Waals surface area contributed by atoms with E-state index in [-0.39, 0.29) is 24.0 Å². The summed E-state index contributed by atoms with van der Waals surface area (Å²) in [7, 11) is 3.36. The highest BCUT2D eigenvalue weighted by Crippen LogP contribution is 2.53. The van der Waals surface area contributed by atoms with E-state index in [1.54, 1.807) is 14.2 Å². The van der Waals surface area contributed by atoms with Gasteiger partial charge in [-0.25, -0.2) is 0 Å². The van der Waals surface area contributed by atoms with Crippen molar-refractivity contribution >= 4 is 0 Å². The van der Waals surface area contributed by atoms with Gasteiger partial charge in [0.2, 0.25) is 0 Å². The first-order valence-corrected chi connectivity index (χ1v) is 10.4. The summed E-state index contributed by atoms with van der Waals surface area (Å²) in [5.41, 5.74) is 4.73. The number of ether oxygens (including phenoxy) is 4. The number of rotatable bonds is 4. The third-order valence-corrected chi connectivity index (χ3v) is 6.43. The fraction of sp³-hybridized carbons (Fsp3) is 0.308. The zero-order chi connectivity index (χ0) is 20.8. The van der Waals surface area contributed by atoms with Crippen LogP contribution in [0.3, 0.4) is 0 Å². The van der Waals surface area contributed by atoms with Crippen LogP contribution in [0.15, 0.2) is 60.7 Å². The Bertz CT molecular complexity index is 968. The first kappa shape index (κ1) is 18.9. The summed E-state index contributed by atoms with van der Waals surface area (Å²) in [5.74, 6) is 4.14. The second-order valence-corrected chi connectivity index (χ2v) is 8.13. The molecule has 30 heavy (non-hydrogen) atoms. The maximum Gasteiger partial charge on any atom is 0.130 e. The van der Waals surface area contributed by atoms with Crippen molar-refractivity contribution in [3.8, 4) is 23.0 Å². The van der Waals surface area contributed by atoms with Gasteiger partial charge in [-0.15, -0.1) is 0 Å². The highest BCUT2D eigenvalue weighted by Gasteiger charge is 2.38. The molecular formula is C26H26O4. The van der Waals surface area contributed by atoms with Gasteiger partial charge in [0.15, 0.2) is 0 Å². The van der Waals surface area contributed by atoms with Gasteiger partial charge in [0.25, 0.3) is 0 Å². The predicted molar refractivity (Wildman–Crippen MR) is 116 cm³/mol. The smallest absolute Gasteiger partial charge is 0.130 e. The second-order valence-electron chi connectivity index (χ2n) is 8.13. The number of hydrogen-bond acceptors (Lipinski definition) is 4. The third kappa shape index (κ3) is 2.98. The quantitative estimate of drug-likeness (QED) is 0.522. The molecule has 0 saturated carbocycles. The molecule has 0 aliphatic carbocycles. The molecule has 0 aromatic heterocycles. The molecule has 0 radical (unpaired) electrons. The van der Waals surface area contributed by atoms with E-state index in [9.17, 15) is 0 Å². The topological polar surface area (TPSA) is 36.9 Å². The zero-order valence-corrected chi connectivity index (χ0v) is 17.7. The van der Waals surface area contributed by atoms with Crippen molar-refractivity contribution < 1.29 is 18.9 Å². The van der Waals surface area contributed by atoms with Gasteiger partial charge in [-0.05, 0) is 47.5 Å². The molecule has 0 N–H and O–H groups in total. The van der Waals surface area contributed by atoms with E-state index in [4.69, 9.17) is 18.9 Å². The van der Waals surface area contributed by atoms with Gasteiger partial charge in [0.1, 0.15) is 35.2 Å². The van der Waals surface area contributed by atoms with Crippen LogP contribution in [0.5, 0.6) is 23.0 Å². The number of methoxy groups -OCH3 is 2. The van der Waals surface area contributed by atoms with Gasteiger partial charge in [0, 0.05) is 23.0 Å². The first-order chi connectivity index (χ1) is 14.6. The highest BCUT2D eigenvalue weighted by molar-refractivity contribution is 5.55. The van der Waals surface area contributed by atoms with E-state index in [2.05, 4.69) is 50.2 Å². The summed E-state index contributed by atoms with van der Waals surface area (Å²) in [6, 6.07) is 20.6. The average molecular weight is 402 g/mol. The van der Waals surface area contributed by atoms with Crippen LogP contribution in [0.1, 0.15) is 60.1 Å². The lowest BCUT2D eigenvalue weighted by Gasteiger charge is -2.17. The Morgan fingerprint density at radius 3 is 1.30 bits per heavy atom. The van der Waals surface area contributed by atoms with Gasteiger partial charge in [-0.3, -0.25) is 0 Å². The van der Waals surface area contributed by atoms with Gasteiger partial charge in [-0.2, -0.15) is 0 Å². The van der Waals surface area contributed by atoms with E-state index in [0.29, 0.717) is 0 Å². The summed E-state index contributed by atoms with van der Waals surface area (Å²) < 4.78 is 23.4. The fourth-order valence-corrected chi connectivity index (χ4v) is 4.61. The molecule has 4 atom stereocenters. The van der Waals surface area contributed by atoms with Crippen LogP contribution < -0.4 is 18.9 Å². The van der Waals surface area contributed by atoms with Gasteiger partial charge in [0.05, 0.1) is 14.2 Å². The lowest BCUT2D eigenvalue weighted by Crippen LogP contribution is -2.08. The summed E-state index contributed by atoms with van der Waals surface area (Å²) in [4.78, 5) is 0. The van der Waals surface area contributed by atoms with Gasteiger partial charge < -0.3 is 18.9 Å². The van der Waals surface area contributed by atoms with Crippen molar-refractivity contribution in [2.45, 2.75) is 37.9 Å². The zero-order valence-electron chi connectivity index (χ0n) is 17.7. The molecule has 0 spiro atoms. The molecule has 0 bridgehead atoms. The van der Waals surface area contributed by atoms with Crippen molar-refractivity contribution in [2.75, 3.05) is 14.2 Å². The lowest BCUT2D eigenvalue weighted by atomic mass is 9.89. The summed E-state index contributed by atoms with van der Waals surface area (Å²) in [5, 5.41) is 0. The second kappa shape index (κ2) is 7.28. The van der Waals surface area contributed by atoms with Crippen LogP contribution in [0.4, 0.5) is 0 Å². The Hall–Kier alpha value is -3.14. The number of hydrogen-bond donors (Lipinski definition) is 0. The van der Waals surface area contributed by atoms with E-state index in [1.807, 2.05) is 24.3 Å². The van der Waals surface area contributed by atoms with Crippen LogP contribution in [-0.2, 0) is 0 Å². The van der Waals surface area contributed by atoms with Crippen molar-refractivity contribution in [1.29, 1.82) is 0 Å². The minimum atomic E-state index is 0.00104. The highest BCUT2D eigenvalue weighted by atomic mass is 16.5. The molecular weight excluding hydrogens is 376 g/mol. The monoisotopic (exact) mass is 402 g/mol. The Morgan fingerprint density at radius 1 is 0.600 bits per heavy atom. The molecule has 4 nitrogen and oxygen atoms in total. The predicted octanol–water partition coefficient (Wildman–Crippen LogP) is 6.18.